The summed E-state index contributed by atoms with van der Waals surface area (Å²) in [6.45, 7) is 4.53. The van der Waals surface area contributed by atoms with Crippen LogP contribution in [0.1, 0.15) is 127 Å². The molecule has 0 N–H and O–H groups in total. The highest BCUT2D eigenvalue weighted by Gasteiger charge is 2.35. The zero-order chi connectivity index (χ0) is 24.1. The van der Waals surface area contributed by atoms with Gasteiger partial charge in [0.2, 0.25) is 0 Å². The van der Waals surface area contributed by atoms with Crippen molar-refractivity contribution in [3.63, 3.8) is 0 Å². The Morgan fingerprint density at radius 1 is 0.706 bits per heavy atom. The van der Waals surface area contributed by atoms with Crippen LogP contribution < -0.4 is 0 Å². The molecule has 34 heavy (non-hydrogen) atoms. The van der Waals surface area contributed by atoms with Crippen molar-refractivity contribution in [2.24, 2.45) is 5.41 Å². The summed E-state index contributed by atoms with van der Waals surface area (Å²) in [6.07, 6.45) is 20.0. The Kier molecular flexibility index (Phi) is 11.2. The standard InChI is InChI=1S/C33H47N/c1-3-5-7-9-10-11-13-28-14-16-29(17-15-28)30-18-20-31(21-19-30)32-22-25-33(27-34,26-23-32)24-12-8-6-4-2/h14-21,32H,3-13,22-26H2,1-2H3. The maximum absolute atomic E-state index is 9.88. The molecule has 0 aliphatic heterocycles. The molecule has 2 aromatic rings. The van der Waals surface area contributed by atoms with E-state index in [1.807, 2.05) is 0 Å². The molecule has 0 spiro atoms. The van der Waals surface area contributed by atoms with E-state index >= 15 is 0 Å². The molecule has 0 unspecified atom stereocenters. The Balaban J connectivity index is 1.47. The maximum atomic E-state index is 9.88. The lowest BCUT2D eigenvalue weighted by Gasteiger charge is -2.35. The van der Waals surface area contributed by atoms with Gasteiger partial charge in [-0.1, -0.05) is 120 Å². The van der Waals surface area contributed by atoms with Crippen molar-refractivity contribution >= 4 is 0 Å². The first-order valence-corrected chi connectivity index (χ1v) is 14.3. The highest BCUT2D eigenvalue weighted by Crippen LogP contribution is 2.45. The maximum Gasteiger partial charge on any atom is 0.0689 e. The van der Waals surface area contributed by atoms with Gasteiger partial charge >= 0.3 is 0 Å². The van der Waals surface area contributed by atoms with E-state index in [-0.39, 0.29) is 5.41 Å². The van der Waals surface area contributed by atoms with Crippen LogP contribution in [-0.4, -0.2) is 0 Å². The molecule has 1 fully saturated rings. The van der Waals surface area contributed by atoms with Gasteiger partial charge in [0.25, 0.3) is 0 Å². The molecule has 1 nitrogen and oxygen atoms in total. The zero-order valence-corrected chi connectivity index (χ0v) is 22.0. The third-order valence-electron chi connectivity index (χ3n) is 8.18. The van der Waals surface area contributed by atoms with Gasteiger partial charge in [-0.05, 0) is 73.1 Å². The fourth-order valence-electron chi connectivity index (χ4n) is 5.73. The number of aryl methyl sites for hydroxylation is 1. The molecule has 0 aromatic heterocycles. The normalized spacial score (nSPS) is 20.2. The van der Waals surface area contributed by atoms with Crippen LogP contribution in [0.5, 0.6) is 0 Å². The van der Waals surface area contributed by atoms with E-state index < -0.39 is 0 Å². The van der Waals surface area contributed by atoms with Gasteiger partial charge in [0.15, 0.2) is 0 Å². The van der Waals surface area contributed by atoms with Crippen LogP contribution in [0.15, 0.2) is 48.5 Å². The molecule has 2 aromatic carbocycles. The minimum absolute atomic E-state index is 0.0541. The third-order valence-corrected chi connectivity index (χ3v) is 8.18. The Morgan fingerprint density at radius 3 is 1.82 bits per heavy atom. The molecule has 0 heterocycles. The van der Waals surface area contributed by atoms with Gasteiger partial charge in [-0.3, -0.25) is 0 Å². The van der Waals surface area contributed by atoms with E-state index in [4.69, 9.17) is 0 Å². The second kappa shape index (κ2) is 14.4. The largest absolute Gasteiger partial charge is 0.198 e. The molecule has 0 amide bonds. The zero-order valence-electron chi connectivity index (χ0n) is 22.0. The van der Waals surface area contributed by atoms with Crippen LogP contribution in [0.4, 0.5) is 0 Å². The predicted molar refractivity (Wildman–Crippen MR) is 147 cm³/mol. The molecule has 184 valence electrons. The summed E-state index contributed by atoms with van der Waals surface area (Å²) in [5, 5.41) is 9.88. The van der Waals surface area contributed by atoms with E-state index in [0.717, 1.165) is 32.1 Å². The summed E-state index contributed by atoms with van der Waals surface area (Å²) in [4.78, 5) is 0. The van der Waals surface area contributed by atoms with Gasteiger partial charge in [-0.15, -0.1) is 0 Å². The topological polar surface area (TPSA) is 23.8 Å². The highest BCUT2D eigenvalue weighted by atomic mass is 14.4. The number of nitrogens with zero attached hydrogens (tertiary/aromatic N) is 1. The van der Waals surface area contributed by atoms with Gasteiger partial charge in [0.1, 0.15) is 0 Å². The summed E-state index contributed by atoms with van der Waals surface area (Å²) in [7, 11) is 0. The van der Waals surface area contributed by atoms with E-state index in [9.17, 15) is 5.26 Å². The van der Waals surface area contributed by atoms with Crippen LogP contribution in [-0.2, 0) is 6.42 Å². The van der Waals surface area contributed by atoms with Crippen molar-refractivity contribution in [2.75, 3.05) is 0 Å². The lowest BCUT2D eigenvalue weighted by molar-refractivity contribution is 0.223. The summed E-state index contributed by atoms with van der Waals surface area (Å²) in [5.41, 5.74) is 5.50. The van der Waals surface area contributed by atoms with Crippen LogP contribution in [0.25, 0.3) is 11.1 Å². The number of hydrogen-bond acceptors (Lipinski definition) is 1. The number of unbranched alkanes of at least 4 members (excludes halogenated alkanes) is 8. The van der Waals surface area contributed by atoms with E-state index in [2.05, 4.69) is 68.4 Å². The first kappa shape index (κ1) is 26.5. The molecular formula is C33H47N. The van der Waals surface area contributed by atoms with Gasteiger partial charge in [-0.25, -0.2) is 0 Å². The molecule has 1 saturated carbocycles. The first-order valence-electron chi connectivity index (χ1n) is 14.3. The van der Waals surface area contributed by atoms with Gasteiger partial charge in [0.05, 0.1) is 11.5 Å². The SMILES string of the molecule is CCCCCCCCc1ccc(-c2ccc(C3CCC(C#N)(CCCCCC)CC3)cc2)cc1. The summed E-state index contributed by atoms with van der Waals surface area (Å²) in [5.74, 6) is 0.617. The second-order valence-corrected chi connectivity index (χ2v) is 10.8. The Bertz CT molecular complexity index is 847. The molecule has 3 rings (SSSR count). The highest BCUT2D eigenvalue weighted by molar-refractivity contribution is 5.64. The van der Waals surface area contributed by atoms with Crippen LogP contribution in [0.3, 0.4) is 0 Å². The predicted octanol–water partition coefficient (Wildman–Crippen LogP) is 10.4. The number of rotatable bonds is 14. The molecule has 1 heteroatoms. The Morgan fingerprint density at radius 2 is 1.24 bits per heavy atom. The van der Waals surface area contributed by atoms with Crippen molar-refractivity contribution in [1.82, 2.24) is 0 Å². The minimum Gasteiger partial charge on any atom is -0.198 e. The summed E-state index contributed by atoms with van der Waals surface area (Å²) >= 11 is 0. The molecule has 0 saturated heterocycles. The molecule has 1 aliphatic rings. The van der Waals surface area contributed by atoms with E-state index in [1.54, 1.807) is 0 Å². The van der Waals surface area contributed by atoms with Gasteiger partial charge < -0.3 is 0 Å². The van der Waals surface area contributed by atoms with Crippen molar-refractivity contribution in [1.29, 1.82) is 5.26 Å². The average molecular weight is 458 g/mol. The molecule has 0 bridgehead atoms. The Labute approximate surface area is 210 Å². The average Bonchev–Trinajstić information content (AvgIpc) is 2.89. The van der Waals surface area contributed by atoms with Gasteiger partial charge in [0, 0.05) is 0 Å². The van der Waals surface area contributed by atoms with Crippen LogP contribution in [0.2, 0.25) is 0 Å². The smallest absolute Gasteiger partial charge is 0.0689 e. The molecule has 0 radical (unpaired) electrons. The van der Waals surface area contributed by atoms with Crippen molar-refractivity contribution in [3.05, 3.63) is 59.7 Å². The first-order chi connectivity index (χ1) is 16.7. The second-order valence-electron chi connectivity index (χ2n) is 10.8. The van der Waals surface area contributed by atoms with Gasteiger partial charge in [-0.2, -0.15) is 5.26 Å². The van der Waals surface area contributed by atoms with Crippen molar-refractivity contribution in [3.8, 4) is 17.2 Å². The van der Waals surface area contributed by atoms with Crippen LogP contribution in [0, 0.1) is 16.7 Å². The quantitative estimate of drug-likeness (QED) is 0.259. The monoisotopic (exact) mass is 457 g/mol. The lowest BCUT2D eigenvalue weighted by atomic mass is 9.67. The van der Waals surface area contributed by atoms with Crippen molar-refractivity contribution < 1.29 is 0 Å². The van der Waals surface area contributed by atoms with Crippen molar-refractivity contribution in [2.45, 2.75) is 122 Å². The van der Waals surface area contributed by atoms with E-state index in [1.165, 1.54) is 92.9 Å². The fraction of sp³-hybridized carbons (Fsp3) is 0.606. The summed E-state index contributed by atoms with van der Waals surface area (Å²) < 4.78 is 0. The number of nitriles is 1. The Hall–Kier alpha value is -2.07. The summed E-state index contributed by atoms with van der Waals surface area (Å²) in [6, 6.07) is 21.2. The third kappa shape index (κ3) is 8.01. The van der Waals surface area contributed by atoms with Crippen LogP contribution >= 0.6 is 0 Å². The lowest BCUT2D eigenvalue weighted by Crippen LogP contribution is -2.25. The number of hydrogen-bond donors (Lipinski definition) is 0. The fourth-order valence-corrected chi connectivity index (χ4v) is 5.73. The minimum atomic E-state index is -0.0541. The molecule has 0 atom stereocenters. The number of benzene rings is 2. The van der Waals surface area contributed by atoms with E-state index in [0.29, 0.717) is 5.92 Å². The molecular weight excluding hydrogens is 410 g/mol. The molecule has 1 aliphatic carbocycles.